The minimum atomic E-state index is -0.370. The molecule has 1 saturated heterocycles. The van der Waals surface area contributed by atoms with Crippen LogP contribution in [0.15, 0.2) is 18.5 Å². The van der Waals surface area contributed by atoms with Crippen molar-refractivity contribution in [2.75, 3.05) is 30.0 Å². The second kappa shape index (κ2) is 6.26. The van der Waals surface area contributed by atoms with E-state index < -0.39 is 0 Å². The van der Waals surface area contributed by atoms with Crippen molar-refractivity contribution < 1.29 is 9.53 Å². The van der Waals surface area contributed by atoms with E-state index >= 15 is 0 Å². The molecule has 1 fully saturated rings. The van der Waals surface area contributed by atoms with E-state index in [-0.39, 0.29) is 12.1 Å². The minimum Gasteiger partial charge on any atom is -0.447 e. The van der Waals surface area contributed by atoms with Crippen molar-refractivity contribution >= 4 is 34.3 Å². The molecule has 0 atom stereocenters. The lowest BCUT2D eigenvalue weighted by molar-refractivity contribution is 0.181. The van der Waals surface area contributed by atoms with E-state index in [1.165, 1.54) is 0 Å². The van der Waals surface area contributed by atoms with Crippen LogP contribution in [0.25, 0.3) is 11.0 Å². The summed E-state index contributed by atoms with van der Waals surface area (Å²) in [5, 5.41) is 8.96. The normalized spacial score (nSPS) is 14.4. The number of fused-ring (bicyclic) bond motifs is 1. The molecule has 27 heavy (non-hydrogen) atoms. The van der Waals surface area contributed by atoms with E-state index in [0.717, 1.165) is 28.1 Å². The fourth-order valence-corrected chi connectivity index (χ4v) is 3.34. The van der Waals surface area contributed by atoms with Gasteiger partial charge >= 0.3 is 6.09 Å². The number of carbonyl (C=O) groups excluding carboxylic acids is 1. The van der Waals surface area contributed by atoms with Gasteiger partial charge in [0.15, 0.2) is 0 Å². The molecule has 9 nitrogen and oxygen atoms in total. The van der Waals surface area contributed by atoms with Crippen molar-refractivity contribution in [1.29, 1.82) is 0 Å². The lowest BCUT2D eigenvalue weighted by Gasteiger charge is -2.22. The molecule has 0 aliphatic carbocycles. The van der Waals surface area contributed by atoms with Crippen LogP contribution in [0, 0.1) is 6.92 Å². The number of cyclic esters (lactones) is 1. The van der Waals surface area contributed by atoms with Gasteiger partial charge < -0.3 is 9.64 Å². The third kappa shape index (κ3) is 2.79. The quantitative estimate of drug-likeness (QED) is 0.703. The summed E-state index contributed by atoms with van der Waals surface area (Å²) >= 11 is 0. The fraction of sp³-hybridized carbons (Fsp3) is 0.444. The van der Waals surface area contributed by atoms with E-state index in [0.29, 0.717) is 19.0 Å². The number of aryl methyl sites for hydroxylation is 2. The number of nitrogens with zero attached hydrogens (tertiary/aromatic N) is 7. The Kier molecular flexibility index (Phi) is 4.01. The maximum Gasteiger partial charge on any atom is 0.415 e. The lowest BCUT2D eigenvalue weighted by atomic mass is 10.2. The van der Waals surface area contributed by atoms with Gasteiger partial charge in [-0.25, -0.2) is 9.78 Å². The molecule has 1 amide bonds. The topological polar surface area (TPSA) is 81.3 Å². The number of pyridine rings is 1. The van der Waals surface area contributed by atoms with E-state index in [4.69, 9.17) is 9.72 Å². The molecule has 0 N–H and O–H groups in total. The Hall–Kier alpha value is -3.10. The van der Waals surface area contributed by atoms with Crippen molar-refractivity contribution in [1.82, 2.24) is 24.5 Å². The number of carbonyl (C=O) groups is 1. The third-order valence-electron chi connectivity index (χ3n) is 4.76. The zero-order valence-corrected chi connectivity index (χ0v) is 16.2. The Morgan fingerprint density at radius 1 is 1.33 bits per heavy atom. The summed E-state index contributed by atoms with van der Waals surface area (Å²) in [7, 11) is 3.86. The number of anilines is 3. The Balaban J connectivity index is 1.96. The number of aromatic nitrogens is 5. The molecule has 4 heterocycles. The molecule has 0 radical (unpaired) electrons. The molecule has 0 saturated carbocycles. The summed E-state index contributed by atoms with van der Waals surface area (Å²) in [5.41, 5.74) is 4.40. The van der Waals surface area contributed by atoms with Crippen LogP contribution >= 0.6 is 0 Å². The molecule has 3 aromatic heterocycles. The van der Waals surface area contributed by atoms with Crippen LogP contribution < -0.4 is 9.80 Å². The fourth-order valence-electron chi connectivity index (χ4n) is 3.34. The average Bonchev–Trinajstić information content (AvgIpc) is 3.33. The maximum absolute atomic E-state index is 12.1. The van der Waals surface area contributed by atoms with Gasteiger partial charge in [-0.3, -0.25) is 14.3 Å². The minimum absolute atomic E-state index is 0.173. The van der Waals surface area contributed by atoms with Gasteiger partial charge in [0, 0.05) is 32.4 Å². The second-order valence-electron chi connectivity index (χ2n) is 7.02. The largest absolute Gasteiger partial charge is 0.447 e. The van der Waals surface area contributed by atoms with Gasteiger partial charge in [-0.1, -0.05) is 0 Å². The molecule has 9 heteroatoms. The van der Waals surface area contributed by atoms with E-state index in [2.05, 4.69) is 24.0 Å². The average molecular weight is 369 g/mol. The molecule has 0 bridgehead atoms. The Morgan fingerprint density at radius 2 is 2.11 bits per heavy atom. The summed E-state index contributed by atoms with van der Waals surface area (Å²) < 4.78 is 8.83. The first-order chi connectivity index (χ1) is 12.9. The zero-order chi connectivity index (χ0) is 19.3. The van der Waals surface area contributed by atoms with Gasteiger partial charge in [0.05, 0.1) is 29.8 Å². The number of amides is 1. The molecule has 1 aliphatic heterocycles. The summed E-state index contributed by atoms with van der Waals surface area (Å²) in [6.07, 6.45) is 3.38. The van der Waals surface area contributed by atoms with E-state index in [1.54, 1.807) is 15.8 Å². The molecule has 0 aromatic carbocycles. The highest BCUT2D eigenvalue weighted by molar-refractivity contribution is 5.97. The Labute approximate surface area is 157 Å². The molecule has 3 aromatic rings. The highest BCUT2D eigenvalue weighted by Gasteiger charge is 2.28. The van der Waals surface area contributed by atoms with Crippen molar-refractivity contribution in [3.63, 3.8) is 0 Å². The summed E-state index contributed by atoms with van der Waals surface area (Å²) in [4.78, 5) is 20.4. The molecule has 0 spiro atoms. The van der Waals surface area contributed by atoms with Gasteiger partial charge in [-0.2, -0.15) is 10.2 Å². The SMILES string of the molecule is Cc1nn(C(C)C)c2c(N(C)c3cnn(C)c3)cc(N3CCOC3=O)nc12. The zero-order valence-electron chi connectivity index (χ0n) is 16.2. The van der Waals surface area contributed by atoms with Gasteiger partial charge in [0.25, 0.3) is 0 Å². The predicted molar refractivity (Wildman–Crippen MR) is 103 cm³/mol. The van der Waals surface area contributed by atoms with Crippen LogP contribution in [0.2, 0.25) is 0 Å². The van der Waals surface area contributed by atoms with Crippen LogP contribution in [0.5, 0.6) is 0 Å². The van der Waals surface area contributed by atoms with Crippen LogP contribution in [0.1, 0.15) is 25.6 Å². The standard InChI is InChI=1S/C18H23N7O2/c1-11(2)25-17-14(23(5)13-9-19-22(4)10-13)8-15(20-16(17)12(3)21-25)24-6-7-27-18(24)26/h8-11H,6-7H2,1-5H3. The summed E-state index contributed by atoms with van der Waals surface area (Å²) in [6, 6.07) is 2.09. The van der Waals surface area contributed by atoms with Crippen molar-refractivity contribution in [2.45, 2.75) is 26.8 Å². The van der Waals surface area contributed by atoms with Crippen molar-refractivity contribution in [2.24, 2.45) is 7.05 Å². The van der Waals surface area contributed by atoms with Crippen molar-refractivity contribution in [3.8, 4) is 0 Å². The summed E-state index contributed by atoms with van der Waals surface area (Å²) in [6.45, 7) is 6.98. The van der Waals surface area contributed by atoms with Gasteiger partial charge in [0.2, 0.25) is 0 Å². The summed E-state index contributed by atoms with van der Waals surface area (Å²) in [5.74, 6) is 0.571. The number of ether oxygens (including phenoxy) is 1. The molecule has 1 aliphatic rings. The second-order valence-corrected chi connectivity index (χ2v) is 7.02. The van der Waals surface area contributed by atoms with E-state index in [1.807, 2.05) is 42.9 Å². The smallest absolute Gasteiger partial charge is 0.415 e. The lowest BCUT2D eigenvalue weighted by Crippen LogP contribution is -2.25. The Bertz CT molecular complexity index is 1020. The van der Waals surface area contributed by atoms with Gasteiger partial charge in [-0.05, 0) is 20.8 Å². The number of rotatable bonds is 4. The highest BCUT2D eigenvalue weighted by Crippen LogP contribution is 2.36. The van der Waals surface area contributed by atoms with Crippen molar-refractivity contribution in [3.05, 3.63) is 24.2 Å². The van der Waals surface area contributed by atoms with Crippen LogP contribution in [-0.4, -0.2) is 50.8 Å². The molecular weight excluding hydrogens is 346 g/mol. The Morgan fingerprint density at radius 3 is 2.70 bits per heavy atom. The number of hydrogen-bond acceptors (Lipinski definition) is 6. The first-order valence-electron chi connectivity index (χ1n) is 8.93. The van der Waals surface area contributed by atoms with Crippen LogP contribution in [-0.2, 0) is 11.8 Å². The monoisotopic (exact) mass is 369 g/mol. The van der Waals surface area contributed by atoms with Crippen LogP contribution in [0.3, 0.4) is 0 Å². The predicted octanol–water partition coefficient (Wildman–Crippen LogP) is 2.78. The number of hydrogen-bond donors (Lipinski definition) is 0. The molecule has 142 valence electrons. The van der Waals surface area contributed by atoms with Gasteiger partial charge in [-0.15, -0.1) is 0 Å². The molecule has 4 rings (SSSR count). The van der Waals surface area contributed by atoms with Crippen LogP contribution in [0.4, 0.5) is 22.0 Å². The first-order valence-corrected chi connectivity index (χ1v) is 8.93. The third-order valence-corrected chi connectivity index (χ3v) is 4.76. The molecular formula is C18H23N7O2. The maximum atomic E-state index is 12.1. The molecule has 0 unspecified atom stereocenters. The van der Waals surface area contributed by atoms with Gasteiger partial charge in [0.1, 0.15) is 23.5 Å². The first kappa shape index (κ1) is 17.3. The van der Waals surface area contributed by atoms with E-state index in [9.17, 15) is 4.79 Å². The highest BCUT2D eigenvalue weighted by atomic mass is 16.6.